The van der Waals surface area contributed by atoms with E-state index in [1.807, 2.05) is 19.1 Å². The van der Waals surface area contributed by atoms with Gasteiger partial charge in [-0.15, -0.1) is 0 Å². The molecule has 0 fully saturated rings. The zero-order chi connectivity index (χ0) is 12.8. The van der Waals surface area contributed by atoms with Gasteiger partial charge in [0.25, 0.3) is 0 Å². The van der Waals surface area contributed by atoms with Gasteiger partial charge in [0.05, 0.1) is 16.0 Å². The van der Waals surface area contributed by atoms with Crippen LogP contribution >= 0.6 is 11.6 Å². The number of nitrogens with one attached hydrogen (secondary N) is 1. The van der Waals surface area contributed by atoms with Crippen molar-refractivity contribution in [3.05, 3.63) is 34.5 Å². The average molecular weight is 252 g/mol. The molecule has 0 atom stereocenters. The number of halogens is 1. The SMILES string of the molecule is Cc1[nH]c2c(Cl)cccc2c1C(C)(C)C(=O)O. The van der Waals surface area contributed by atoms with E-state index in [9.17, 15) is 9.90 Å². The highest BCUT2D eigenvalue weighted by Gasteiger charge is 2.33. The lowest BCUT2D eigenvalue weighted by Gasteiger charge is -2.20. The Morgan fingerprint density at radius 3 is 2.65 bits per heavy atom. The number of para-hydroxylation sites is 1. The summed E-state index contributed by atoms with van der Waals surface area (Å²) in [5, 5.41) is 10.8. The maximum absolute atomic E-state index is 11.4. The normalized spacial score (nSPS) is 12.0. The number of aromatic amines is 1. The molecule has 3 nitrogen and oxygen atoms in total. The van der Waals surface area contributed by atoms with Crippen LogP contribution in [-0.4, -0.2) is 16.1 Å². The van der Waals surface area contributed by atoms with Crippen LogP contribution in [0.15, 0.2) is 18.2 Å². The largest absolute Gasteiger partial charge is 0.481 e. The summed E-state index contributed by atoms with van der Waals surface area (Å²) < 4.78 is 0. The summed E-state index contributed by atoms with van der Waals surface area (Å²) in [6.45, 7) is 5.27. The number of hydrogen-bond donors (Lipinski definition) is 2. The van der Waals surface area contributed by atoms with Crippen LogP contribution in [0.5, 0.6) is 0 Å². The van der Waals surface area contributed by atoms with E-state index in [-0.39, 0.29) is 0 Å². The molecule has 0 amide bonds. The van der Waals surface area contributed by atoms with Gasteiger partial charge in [0, 0.05) is 11.1 Å². The maximum atomic E-state index is 11.4. The van der Waals surface area contributed by atoms with Crippen LogP contribution in [0.1, 0.15) is 25.1 Å². The summed E-state index contributed by atoms with van der Waals surface area (Å²) in [5.74, 6) is -0.846. The fourth-order valence-corrected chi connectivity index (χ4v) is 2.45. The number of carbonyl (C=O) groups is 1. The molecule has 0 spiro atoms. The molecule has 90 valence electrons. The second-order valence-corrected chi connectivity index (χ2v) is 5.12. The number of aliphatic carboxylic acids is 1. The molecule has 4 heteroatoms. The minimum atomic E-state index is -0.937. The minimum absolute atomic E-state index is 0.609. The van der Waals surface area contributed by atoms with Crippen LogP contribution < -0.4 is 0 Å². The van der Waals surface area contributed by atoms with Crippen molar-refractivity contribution >= 4 is 28.5 Å². The molecule has 2 aromatic rings. The van der Waals surface area contributed by atoms with E-state index in [4.69, 9.17) is 11.6 Å². The van der Waals surface area contributed by atoms with Gasteiger partial charge < -0.3 is 10.1 Å². The molecule has 0 saturated carbocycles. The van der Waals surface area contributed by atoms with E-state index < -0.39 is 11.4 Å². The van der Waals surface area contributed by atoms with Crippen LogP contribution in [0, 0.1) is 6.92 Å². The highest BCUT2D eigenvalue weighted by atomic mass is 35.5. The van der Waals surface area contributed by atoms with Crippen molar-refractivity contribution in [3.63, 3.8) is 0 Å². The fraction of sp³-hybridized carbons (Fsp3) is 0.308. The highest BCUT2D eigenvalue weighted by Crippen LogP contribution is 2.36. The second kappa shape index (κ2) is 3.77. The summed E-state index contributed by atoms with van der Waals surface area (Å²) in [5.41, 5.74) is 1.51. The first-order chi connectivity index (χ1) is 7.85. The van der Waals surface area contributed by atoms with Crippen molar-refractivity contribution < 1.29 is 9.90 Å². The Morgan fingerprint density at radius 1 is 1.41 bits per heavy atom. The highest BCUT2D eigenvalue weighted by molar-refractivity contribution is 6.35. The van der Waals surface area contributed by atoms with Crippen LogP contribution in [0.4, 0.5) is 0 Å². The van der Waals surface area contributed by atoms with Gasteiger partial charge in [0.2, 0.25) is 0 Å². The molecule has 2 rings (SSSR count). The molecule has 17 heavy (non-hydrogen) atoms. The van der Waals surface area contributed by atoms with E-state index in [1.165, 1.54) is 0 Å². The van der Waals surface area contributed by atoms with E-state index in [0.717, 1.165) is 22.2 Å². The number of rotatable bonds is 2. The molecule has 0 saturated heterocycles. The number of aromatic nitrogens is 1. The van der Waals surface area contributed by atoms with Crippen molar-refractivity contribution in [2.24, 2.45) is 0 Å². The first-order valence-corrected chi connectivity index (χ1v) is 5.74. The van der Waals surface area contributed by atoms with Gasteiger partial charge in [-0.25, -0.2) is 0 Å². The predicted molar refractivity (Wildman–Crippen MR) is 68.7 cm³/mol. The van der Waals surface area contributed by atoms with Gasteiger partial charge in [-0.2, -0.15) is 0 Å². The summed E-state index contributed by atoms with van der Waals surface area (Å²) in [7, 11) is 0. The standard InChI is InChI=1S/C13H14ClNO2/c1-7-10(13(2,3)12(16)17)8-5-4-6-9(14)11(8)15-7/h4-6,15H,1-3H3,(H,16,17). The maximum Gasteiger partial charge on any atom is 0.313 e. The van der Waals surface area contributed by atoms with Crippen molar-refractivity contribution in [2.45, 2.75) is 26.2 Å². The van der Waals surface area contributed by atoms with Crippen LogP contribution in [0.2, 0.25) is 5.02 Å². The quantitative estimate of drug-likeness (QED) is 0.858. The van der Waals surface area contributed by atoms with Crippen molar-refractivity contribution in [2.75, 3.05) is 0 Å². The fourth-order valence-electron chi connectivity index (χ4n) is 2.22. The molecule has 1 heterocycles. The minimum Gasteiger partial charge on any atom is -0.481 e. The zero-order valence-corrected chi connectivity index (χ0v) is 10.7. The number of carboxylic acids is 1. The molecule has 0 aliphatic heterocycles. The first-order valence-electron chi connectivity index (χ1n) is 5.36. The summed E-state index contributed by atoms with van der Waals surface area (Å²) in [4.78, 5) is 14.5. The van der Waals surface area contributed by atoms with Crippen molar-refractivity contribution in [1.29, 1.82) is 0 Å². The number of aryl methyl sites for hydroxylation is 1. The lowest BCUT2D eigenvalue weighted by atomic mass is 9.83. The Morgan fingerprint density at radius 2 is 2.06 bits per heavy atom. The molecule has 0 aliphatic carbocycles. The van der Waals surface area contributed by atoms with Gasteiger partial charge in [-0.05, 0) is 32.4 Å². The van der Waals surface area contributed by atoms with Crippen LogP contribution in [0.3, 0.4) is 0 Å². The molecule has 0 bridgehead atoms. The number of fused-ring (bicyclic) bond motifs is 1. The van der Waals surface area contributed by atoms with Gasteiger partial charge in [0.1, 0.15) is 0 Å². The predicted octanol–water partition coefficient (Wildman–Crippen LogP) is 3.49. The summed E-state index contributed by atoms with van der Waals surface area (Å²) >= 11 is 6.09. The number of H-pyrrole nitrogens is 1. The van der Waals surface area contributed by atoms with Crippen molar-refractivity contribution in [3.8, 4) is 0 Å². The molecular weight excluding hydrogens is 238 g/mol. The third-order valence-electron chi connectivity index (χ3n) is 3.13. The Kier molecular flexibility index (Phi) is 2.66. The van der Waals surface area contributed by atoms with Crippen LogP contribution in [-0.2, 0) is 10.2 Å². The summed E-state index contributed by atoms with van der Waals surface area (Å²) in [6, 6.07) is 5.52. The van der Waals surface area contributed by atoms with Gasteiger partial charge >= 0.3 is 5.97 Å². The zero-order valence-electron chi connectivity index (χ0n) is 9.97. The van der Waals surface area contributed by atoms with E-state index in [1.54, 1.807) is 19.9 Å². The first kappa shape index (κ1) is 12.0. The molecule has 0 radical (unpaired) electrons. The molecule has 1 aromatic carbocycles. The lowest BCUT2D eigenvalue weighted by molar-refractivity contribution is -0.142. The Balaban J connectivity index is 2.83. The third-order valence-corrected chi connectivity index (χ3v) is 3.45. The number of benzene rings is 1. The average Bonchev–Trinajstić information content (AvgIpc) is 2.56. The second-order valence-electron chi connectivity index (χ2n) is 4.72. The van der Waals surface area contributed by atoms with Crippen LogP contribution in [0.25, 0.3) is 10.9 Å². The lowest BCUT2D eigenvalue weighted by Crippen LogP contribution is -2.29. The molecule has 2 N–H and O–H groups in total. The smallest absolute Gasteiger partial charge is 0.313 e. The number of hydrogen-bond acceptors (Lipinski definition) is 1. The molecule has 0 aliphatic rings. The van der Waals surface area contributed by atoms with E-state index in [2.05, 4.69) is 4.98 Å². The number of carboxylic acid groups (broad SMARTS) is 1. The molecule has 0 unspecified atom stereocenters. The van der Waals surface area contributed by atoms with Crippen molar-refractivity contribution in [1.82, 2.24) is 4.98 Å². The Bertz CT molecular complexity index is 599. The van der Waals surface area contributed by atoms with Gasteiger partial charge in [-0.3, -0.25) is 4.79 Å². The monoisotopic (exact) mass is 251 g/mol. The van der Waals surface area contributed by atoms with Gasteiger partial charge in [-0.1, -0.05) is 23.7 Å². The third kappa shape index (κ3) is 1.71. The molecular formula is C13H14ClNO2. The Hall–Kier alpha value is -1.48. The van der Waals surface area contributed by atoms with E-state index >= 15 is 0 Å². The Labute approximate surface area is 104 Å². The topological polar surface area (TPSA) is 53.1 Å². The van der Waals surface area contributed by atoms with E-state index in [0.29, 0.717) is 5.02 Å². The van der Waals surface area contributed by atoms with Gasteiger partial charge in [0.15, 0.2) is 0 Å². The molecule has 1 aromatic heterocycles. The summed E-state index contributed by atoms with van der Waals surface area (Å²) in [6.07, 6.45) is 0.